The smallest absolute Gasteiger partial charge is 0.227 e. The molecule has 4 nitrogen and oxygen atoms in total. The van der Waals surface area contributed by atoms with Crippen molar-refractivity contribution in [1.29, 1.82) is 0 Å². The predicted molar refractivity (Wildman–Crippen MR) is 217 cm³/mol. The second-order valence-corrected chi connectivity index (χ2v) is 13.2. The summed E-state index contributed by atoms with van der Waals surface area (Å²) in [4.78, 5) is 15.3. The molecule has 4 heteroatoms. The topological polar surface area (TPSA) is 51.8 Å². The highest BCUT2D eigenvalue weighted by molar-refractivity contribution is 6.09. The molecule has 0 spiro atoms. The fourth-order valence-electron chi connectivity index (χ4n) is 7.36. The molecule has 10 aromatic rings. The third kappa shape index (κ3) is 5.54. The Bertz CT molecular complexity index is 2930. The first-order valence-corrected chi connectivity index (χ1v) is 17.8. The molecule has 0 aliphatic rings. The van der Waals surface area contributed by atoms with Crippen LogP contribution in [0.2, 0.25) is 0 Å². The van der Waals surface area contributed by atoms with Crippen LogP contribution in [0.4, 0.5) is 0 Å². The van der Waals surface area contributed by atoms with Gasteiger partial charge in [-0.25, -0.2) is 15.0 Å². The summed E-state index contributed by atoms with van der Waals surface area (Å²) in [5, 5.41) is 3.34. The maximum atomic E-state index is 6.32. The van der Waals surface area contributed by atoms with Gasteiger partial charge in [0.1, 0.15) is 5.52 Å². The molecule has 2 aromatic heterocycles. The molecule has 0 bridgehead atoms. The molecule has 0 aliphatic heterocycles. The van der Waals surface area contributed by atoms with Gasteiger partial charge in [0.05, 0.1) is 11.2 Å². The number of fused-ring (bicyclic) bond motifs is 3. The van der Waals surface area contributed by atoms with E-state index in [-0.39, 0.29) is 0 Å². The molecule has 0 fully saturated rings. The molecule has 2 heterocycles. The van der Waals surface area contributed by atoms with Gasteiger partial charge in [-0.05, 0) is 74.5 Å². The Balaban J connectivity index is 1.13. The molecular weight excluding hydrogens is 647 g/mol. The van der Waals surface area contributed by atoms with Gasteiger partial charge in [0.15, 0.2) is 11.4 Å². The number of para-hydroxylation sites is 1. The third-order valence-electron chi connectivity index (χ3n) is 9.95. The van der Waals surface area contributed by atoms with Crippen LogP contribution in [0.15, 0.2) is 192 Å². The molecular formula is C49H31N3O. The summed E-state index contributed by atoms with van der Waals surface area (Å²) in [7, 11) is 0. The van der Waals surface area contributed by atoms with E-state index in [9.17, 15) is 0 Å². The minimum atomic E-state index is 0.603. The first-order chi connectivity index (χ1) is 26.3. The minimum absolute atomic E-state index is 0.603. The van der Waals surface area contributed by atoms with Crippen LogP contribution in [0.5, 0.6) is 0 Å². The number of hydrogen-bond donors (Lipinski definition) is 0. The van der Waals surface area contributed by atoms with E-state index in [0.717, 1.165) is 72.2 Å². The second kappa shape index (κ2) is 12.9. The number of rotatable bonds is 6. The van der Waals surface area contributed by atoms with E-state index in [2.05, 4.69) is 152 Å². The lowest BCUT2D eigenvalue weighted by molar-refractivity contribution is 0.620. The first kappa shape index (κ1) is 30.6. The van der Waals surface area contributed by atoms with Gasteiger partial charge in [0.25, 0.3) is 0 Å². The summed E-state index contributed by atoms with van der Waals surface area (Å²) in [5.74, 6) is 1.31. The summed E-state index contributed by atoms with van der Waals surface area (Å²) in [6, 6.07) is 65.2. The Hall–Kier alpha value is -7.17. The highest BCUT2D eigenvalue weighted by Crippen LogP contribution is 2.44. The zero-order chi connectivity index (χ0) is 35.1. The number of hydrogen-bond acceptors (Lipinski definition) is 4. The standard InChI is InChI=1S/C49H31N3O/c1-3-13-32(14-4-1)33-23-25-36(26-24-33)49-51-44-31-37(28-30-45(44)53-49)39-29-27-34-15-7-8-18-38(34)46(39)40-19-9-10-20-41(40)47-42-21-11-12-22-43(42)50-48(52-47)35-16-5-2-6-17-35/h1-31H. The van der Waals surface area contributed by atoms with Crippen molar-refractivity contribution in [2.45, 2.75) is 0 Å². The molecule has 0 saturated heterocycles. The van der Waals surface area contributed by atoms with Gasteiger partial charge >= 0.3 is 0 Å². The van der Waals surface area contributed by atoms with Gasteiger partial charge in [-0.15, -0.1) is 0 Å². The molecule has 0 saturated carbocycles. The lowest BCUT2D eigenvalue weighted by atomic mass is 9.86. The van der Waals surface area contributed by atoms with Crippen molar-refractivity contribution < 1.29 is 4.42 Å². The fraction of sp³-hybridized carbons (Fsp3) is 0. The molecule has 0 aliphatic carbocycles. The van der Waals surface area contributed by atoms with Crippen LogP contribution in [0.1, 0.15) is 0 Å². The van der Waals surface area contributed by atoms with Crippen LogP contribution >= 0.6 is 0 Å². The zero-order valence-electron chi connectivity index (χ0n) is 28.6. The van der Waals surface area contributed by atoms with Crippen molar-refractivity contribution in [1.82, 2.24) is 15.0 Å². The SMILES string of the molecule is c1ccc(-c2ccc(-c3nc4cc(-c5ccc6ccccc6c5-c5ccccc5-c5nc(-c6ccccc6)nc6ccccc56)ccc4o3)cc2)cc1. The Labute approximate surface area is 306 Å². The molecule has 0 amide bonds. The van der Waals surface area contributed by atoms with Crippen molar-refractivity contribution in [3.63, 3.8) is 0 Å². The quantitative estimate of drug-likeness (QED) is 0.176. The number of aromatic nitrogens is 3. The molecule has 10 rings (SSSR count). The van der Waals surface area contributed by atoms with Gasteiger partial charge in [0, 0.05) is 22.1 Å². The molecule has 0 N–H and O–H groups in total. The van der Waals surface area contributed by atoms with E-state index < -0.39 is 0 Å². The van der Waals surface area contributed by atoms with Crippen LogP contribution in [-0.4, -0.2) is 15.0 Å². The maximum Gasteiger partial charge on any atom is 0.227 e. The normalized spacial score (nSPS) is 11.4. The molecule has 8 aromatic carbocycles. The largest absolute Gasteiger partial charge is 0.436 e. The second-order valence-electron chi connectivity index (χ2n) is 13.2. The van der Waals surface area contributed by atoms with Crippen LogP contribution < -0.4 is 0 Å². The summed E-state index contributed by atoms with van der Waals surface area (Å²) in [6.07, 6.45) is 0. The Morgan fingerprint density at radius 3 is 1.79 bits per heavy atom. The fourth-order valence-corrected chi connectivity index (χ4v) is 7.36. The molecule has 0 atom stereocenters. The Morgan fingerprint density at radius 1 is 0.358 bits per heavy atom. The van der Waals surface area contributed by atoms with Crippen molar-refractivity contribution in [2.24, 2.45) is 0 Å². The average Bonchev–Trinajstić information content (AvgIpc) is 3.67. The van der Waals surface area contributed by atoms with Crippen molar-refractivity contribution in [3.8, 4) is 67.5 Å². The lowest BCUT2D eigenvalue weighted by Gasteiger charge is -2.18. The van der Waals surface area contributed by atoms with Gasteiger partial charge in [-0.3, -0.25) is 0 Å². The minimum Gasteiger partial charge on any atom is -0.436 e. The van der Waals surface area contributed by atoms with Gasteiger partial charge in [0.2, 0.25) is 5.89 Å². The Morgan fingerprint density at radius 2 is 0.981 bits per heavy atom. The van der Waals surface area contributed by atoms with Crippen LogP contribution in [0.3, 0.4) is 0 Å². The van der Waals surface area contributed by atoms with E-state index in [1.165, 1.54) is 16.3 Å². The molecule has 0 unspecified atom stereocenters. The van der Waals surface area contributed by atoms with E-state index in [1.54, 1.807) is 0 Å². The molecule has 0 radical (unpaired) electrons. The third-order valence-corrected chi connectivity index (χ3v) is 9.95. The Kier molecular flexibility index (Phi) is 7.43. The maximum absolute atomic E-state index is 6.32. The highest BCUT2D eigenvalue weighted by atomic mass is 16.3. The van der Waals surface area contributed by atoms with Gasteiger partial charge in [-0.2, -0.15) is 0 Å². The monoisotopic (exact) mass is 677 g/mol. The van der Waals surface area contributed by atoms with E-state index in [1.807, 2.05) is 36.4 Å². The summed E-state index contributed by atoms with van der Waals surface area (Å²) < 4.78 is 6.32. The van der Waals surface area contributed by atoms with Crippen LogP contribution in [0.25, 0.3) is 100 Å². The van der Waals surface area contributed by atoms with Gasteiger partial charge in [-0.1, -0.05) is 158 Å². The first-order valence-electron chi connectivity index (χ1n) is 17.8. The number of benzene rings is 8. The summed E-state index contributed by atoms with van der Waals surface area (Å²) in [6.45, 7) is 0. The molecule has 53 heavy (non-hydrogen) atoms. The zero-order valence-corrected chi connectivity index (χ0v) is 28.6. The van der Waals surface area contributed by atoms with Crippen molar-refractivity contribution >= 4 is 32.8 Å². The van der Waals surface area contributed by atoms with E-state index >= 15 is 0 Å². The van der Waals surface area contributed by atoms with Crippen molar-refractivity contribution in [3.05, 3.63) is 188 Å². The molecule has 248 valence electrons. The van der Waals surface area contributed by atoms with Crippen LogP contribution in [0, 0.1) is 0 Å². The van der Waals surface area contributed by atoms with E-state index in [0.29, 0.717) is 11.7 Å². The number of oxazole rings is 1. The van der Waals surface area contributed by atoms with Crippen molar-refractivity contribution in [2.75, 3.05) is 0 Å². The average molecular weight is 678 g/mol. The number of nitrogens with zero attached hydrogens (tertiary/aromatic N) is 3. The van der Waals surface area contributed by atoms with E-state index in [4.69, 9.17) is 19.4 Å². The highest BCUT2D eigenvalue weighted by Gasteiger charge is 2.20. The lowest BCUT2D eigenvalue weighted by Crippen LogP contribution is -1.97. The summed E-state index contributed by atoms with van der Waals surface area (Å²) >= 11 is 0. The van der Waals surface area contributed by atoms with Gasteiger partial charge < -0.3 is 4.42 Å². The predicted octanol–water partition coefficient (Wildman–Crippen LogP) is 12.9. The summed E-state index contributed by atoms with van der Waals surface area (Å²) in [5.41, 5.74) is 13.1. The van der Waals surface area contributed by atoms with Crippen LogP contribution in [-0.2, 0) is 0 Å².